The highest BCUT2D eigenvalue weighted by atomic mass is 16.5. The van der Waals surface area contributed by atoms with Crippen molar-refractivity contribution in [2.75, 3.05) is 5.32 Å². The Morgan fingerprint density at radius 2 is 1.96 bits per heavy atom. The number of rotatable bonds is 3. The average Bonchev–Trinajstić information content (AvgIpc) is 2.57. The molecule has 128 valence electrons. The van der Waals surface area contributed by atoms with Crippen molar-refractivity contribution in [1.29, 1.82) is 0 Å². The zero-order valence-corrected chi connectivity index (χ0v) is 13.7. The molecular weight excluding hydrogens is 322 g/mol. The third kappa shape index (κ3) is 3.60. The number of hydrazone groups is 1. The topological polar surface area (TPSA) is 100 Å². The number of fused-ring (bicyclic) bond motifs is 1. The van der Waals surface area contributed by atoms with Gasteiger partial charge in [0.25, 0.3) is 11.8 Å². The third-order valence-corrected chi connectivity index (χ3v) is 3.67. The highest BCUT2D eigenvalue weighted by molar-refractivity contribution is 6.02. The number of phenols is 1. The van der Waals surface area contributed by atoms with Crippen LogP contribution in [0.2, 0.25) is 0 Å². The summed E-state index contributed by atoms with van der Waals surface area (Å²) in [6, 6.07) is 11.1. The van der Waals surface area contributed by atoms with E-state index >= 15 is 0 Å². The van der Waals surface area contributed by atoms with Crippen molar-refractivity contribution in [1.82, 2.24) is 5.43 Å². The molecule has 0 bridgehead atoms. The molecule has 3 rings (SSSR count). The van der Waals surface area contributed by atoms with Crippen molar-refractivity contribution in [3.63, 3.8) is 0 Å². The summed E-state index contributed by atoms with van der Waals surface area (Å²) in [4.78, 5) is 24.1. The first-order valence-corrected chi connectivity index (χ1v) is 7.62. The summed E-state index contributed by atoms with van der Waals surface area (Å²) < 4.78 is 5.62. The number of ether oxygens (including phenoxy) is 1. The molecule has 3 N–H and O–H groups in total. The predicted molar refractivity (Wildman–Crippen MR) is 92.9 cm³/mol. The molecule has 2 aromatic carbocycles. The van der Waals surface area contributed by atoms with Gasteiger partial charge in [-0.15, -0.1) is 0 Å². The Kier molecular flexibility index (Phi) is 4.14. The number of nitrogens with one attached hydrogen (secondary N) is 2. The Hall–Kier alpha value is -3.35. The van der Waals surface area contributed by atoms with Crippen molar-refractivity contribution < 1.29 is 19.4 Å². The lowest BCUT2D eigenvalue weighted by Gasteiger charge is -2.31. The van der Waals surface area contributed by atoms with Crippen molar-refractivity contribution in [3.8, 4) is 11.5 Å². The highest BCUT2D eigenvalue weighted by Gasteiger charge is 2.35. The fourth-order valence-corrected chi connectivity index (χ4v) is 2.24. The lowest BCUT2D eigenvalue weighted by Crippen LogP contribution is -2.45. The molecule has 0 fully saturated rings. The van der Waals surface area contributed by atoms with Crippen LogP contribution in [0, 0.1) is 0 Å². The third-order valence-electron chi connectivity index (χ3n) is 3.67. The van der Waals surface area contributed by atoms with Crippen LogP contribution in [0.25, 0.3) is 0 Å². The van der Waals surface area contributed by atoms with Gasteiger partial charge in [-0.05, 0) is 61.9 Å². The summed E-state index contributed by atoms with van der Waals surface area (Å²) in [5.74, 6) is -0.0312. The van der Waals surface area contributed by atoms with E-state index in [1.165, 1.54) is 24.4 Å². The van der Waals surface area contributed by atoms with E-state index in [2.05, 4.69) is 15.8 Å². The summed E-state index contributed by atoms with van der Waals surface area (Å²) in [5.41, 5.74) is 2.97. The Bertz CT molecular complexity index is 857. The maximum Gasteiger partial charge on any atom is 0.271 e. The molecule has 0 spiro atoms. The quantitative estimate of drug-likeness (QED) is 0.590. The van der Waals surface area contributed by atoms with Gasteiger partial charge in [-0.2, -0.15) is 5.10 Å². The molecule has 0 radical (unpaired) electrons. The second-order valence-electron chi connectivity index (χ2n) is 6.07. The number of amides is 2. The van der Waals surface area contributed by atoms with Gasteiger partial charge >= 0.3 is 0 Å². The number of nitrogens with zero attached hydrogens (tertiary/aromatic N) is 1. The van der Waals surface area contributed by atoms with E-state index in [1.54, 1.807) is 38.1 Å². The smallest absolute Gasteiger partial charge is 0.271 e. The first-order chi connectivity index (χ1) is 11.8. The minimum Gasteiger partial charge on any atom is -0.508 e. The maximum atomic E-state index is 12.2. The fraction of sp³-hybridized carbons (Fsp3) is 0.167. The van der Waals surface area contributed by atoms with Crippen molar-refractivity contribution in [2.24, 2.45) is 5.10 Å². The summed E-state index contributed by atoms with van der Waals surface area (Å²) in [6.07, 6.45) is 1.46. The Balaban J connectivity index is 1.70. The molecule has 1 aliphatic heterocycles. The molecule has 0 aliphatic carbocycles. The van der Waals surface area contributed by atoms with Gasteiger partial charge in [0.05, 0.1) is 11.9 Å². The van der Waals surface area contributed by atoms with E-state index < -0.39 is 11.5 Å². The van der Waals surface area contributed by atoms with E-state index in [0.29, 0.717) is 17.0 Å². The molecular formula is C18H17N3O4. The number of carbonyl (C=O) groups is 2. The van der Waals surface area contributed by atoms with Crippen LogP contribution in [-0.4, -0.2) is 28.7 Å². The standard InChI is InChI=1S/C18H17N3O4/c1-18(2)17(24)20-14-9-12(5-8-15(14)25-18)16(23)21-19-10-11-3-6-13(22)7-4-11/h3-10,22H,1-2H3,(H,20,24)(H,21,23)/b19-10+. The van der Waals surface area contributed by atoms with Crippen molar-refractivity contribution in [2.45, 2.75) is 19.4 Å². The van der Waals surface area contributed by atoms with Crippen LogP contribution in [0.4, 0.5) is 5.69 Å². The van der Waals surface area contributed by atoms with Gasteiger partial charge in [0.1, 0.15) is 11.5 Å². The lowest BCUT2D eigenvalue weighted by atomic mass is 10.0. The van der Waals surface area contributed by atoms with Gasteiger partial charge in [-0.3, -0.25) is 9.59 Å². The van der Waals surface area contributed by atoms with Gasteiger partial charge in [0, 0.05) is 5.56 Å². The summed E-state index contributed by atoms with van der Waals surface area (Å²) >= 11 is 0. The molecule has 1 aliphatic rings. The molecule has 2 amide bonds. The minimum atomic E-state index is -0.953. The zero-order chi connectivity index (χ0) is 18.0. The number of benzene rings is 2. The molecule has 7 heteroatoms. The SMILES string of the molecule is CC1(C)Oc2ccc(C(=O)N/N=C/c3ccc(O)cc3)cc2NC1=O. The summed E-state index contributed by atoms with van der Waals surface area (Å²) in [5, 5.41) is 15.8. The minimum absolute atomic E-state index is 0.155. The number of phenolic OH excluding ortho intramolecular Hbond substituents is 1. The monoisotopic (exact) mass is 339 g/mol. The first kappa shape index (κ1) is 16.5. The number of aromatic hydroxyl groups is 1. The van der Waals surface area contributed by atoms with Crippen molar-refractivity contribution in [3.05, 3.63) is 53.6 Å². The normalized spacial score (nSPS) is 15.2. The predicted octanol–water partition coefficient (Wildman–Crippen LogP) is 2.27. The van der Waals surface area contributed by atoms with Gasteiger partial charge < -0.3 is 15.2 Å². The number of carbonyl (C=O) groups excluding carboxylic acids is 2. The van der Waals surface area contributed by atoms with Gasteiger partial charge in [-0.25, -0.2) is 5.43 Å². The number of anilines is 1. The number of hydrogen-bond donors (Lipinski definition) is 3. The van der Waals surface area contributed by atoms with Crippen LogP contribution >= 0.6 is 0 Å². The molecule has 0 unspecified atom stereocenters. The molecule has 7 nitrogen and oxygen atoms in total. The Morgan fingerprint density at radius 3 is 2.68 bits per heavy atom. The maximum absolute atomic E-state index is 12.2. The van der Waals surface area contributed by atoms with Crippen LogP contribution in [0.3, 0.4) is 0 Å². The van der Waals surface area contributed by atoms with E-state index in [9.17, 15) is 14.7 Å². The van der Waals surface area contributed by atoms with E-state index in [4.69, 9.17) is 4.74 Å². The van der Waals surface area contributed by atoms with Crippen LogP contribution in [0.15, 0.2) is 47.6 Å². The van der Waals surface area contributed by atoms with Crippen LogP contribution < -0.4 is 15.5 Å². The second-order valence-corrected chi connectivity index (χ2v) is 6.07. The summed E-state index contributed by atoms with van der Waals surface area (Å²) in [6.45, 7) is 3.34. The van der Waals surface area contributed by atoms with E-state index in [0.717, 1.165) is 5.56 Å². The van der Waals surface area contributed by atoms with Gasteiger partial charge in [-0.1, -0.05) is 0 Å². The Morgan fingerprint density at radius 1 is 1.24 bits per heavy atom. The number of hydrogen-bond acceptors (Lipinski definition) is 5. The molecule has 0 saturated heterocycles. The van der Waals surface area contributed by atoms with Crippen LogP contribution in [0.5, 0.6) is 11.5 Å². The second kappa shape index (κ2) is 6.27. The molecule has 0 aromatic heterocycles. The molecule has 0 atom stereocenters. The van der Waals surface area contributed by atoms with Crippen LogP contribution in [-0.2, 0) is 4.79 Å². The largest absolute Gasteiger partial charge is 0.508 e. The van der Waals surface area contributed by atoms with Crippen LogP contribution in [0.1, 0.15) is 29.8 Å². The molecule has 2 aromatic rings. The molecule has 0 saturated carbocycles. The average molecular weight is 339 g/mol. The fourth-order valence-electron chi connectivity index (χ4n) is 2.24. The van der Waals surface area contributed by atoms with E-state index in [1.807, 2.05) is 0 Å². The molecule has 25 heavy (non-hydrogen) atoms. The van der Waals surface area contributed by atoms with E-state index in [-0.39, 0.29) is 11.7 Å². The van der Waals surface area contributed by atoms with Crippen molar-refractivity contribution >= 4 is 23.7 Å². The highest BCUT2D eigenvalue weighted by Crippen LogP contribution is 2.34. The first-order valence-electron chi connectivity index (χ1n) is 7.62. The Labute approximate surface area is 144 Å². The zero-order valence-electron chi connectivity index (χ0n) is 13.7. The van der Waals surface area contributed by atoms with Gasteiger partial charge in [0.2, 0.25) is 0 Å². The molecule has 1 heterocycles. The lowest BCUT2D eigenvalue weighted by molar-refractivity contribution is -0.129. The van der Waals surface area contributed by atoms with Gasteiger partial charge in [0.15, 0.2) is 5.60 Å². The summed E-state index contributed by atoms with van der Waals surface area (Å²) in [7, 11) is 0.